The summed E-state index contributed by atoms with van der Waals surface area (Å²) in [6.45, 7) is 0.723. The highest BCUT2D eigenvalue weighted by molar-refractivity contribution is 6.08. The number of rotatable bonds is 5. The minimum Gasteiger partial charge on any atom is -0.454 e. The SMILES string of the molecule is C[C@@H](C(=O)OCC(=O)NNC(=O)c1ccccc1)N1C(=O)[C@H]2CC=CC[C@@H]2C1=O. The van der Waals surface area contributed by atoms with Crippen molar-refractivity contribution in [3.63, 3.8) is 0 Å². The van der Waals surface area contributed by atoms with Crippen LogP contribution in [0.4, 0.5) is 0 Å². The molecule has 4 amide bonds. The number of hydrogen-bond acceptors (Lipinski definition) is 6. The van der Waals surface area contributed by atoms with Crippen LogP contribution in [0.3, 0.4) is 0 Å². The average Bonchev–Trinajstić information content (AvgIpc) is 3.00. The molecule has 9 heteroatoms. The predicted molar refractivity (Wildman–Crippen MR) is 99.7 cm³/mol. The first-order valence-electron chi connectivity index (χ1n) is 9.23. The van der Waals surface area contributed by atoms with Crippen LogP contribution in [-0.2, 0) is 23.9 Å². The Bertz CT molecular complexity index is 840. The van der Waals surface area contributed by atoms with E-state index in [0.717, 1.165) is 4.90 Å². The van der Waals surface area contributed by atoms with Crippen molar-refractivity contribution in [1.82, 2.24) is 15.8 Å². The lowest BCUT2D eigenvalue weighted by atomic mass is 9.85. The molecule has 2 N–H and O–H groups in total. The summed E-state index contributed by atoms with van der Waals surface area (Å²) in [5.41, 5.74) is 4.68. The molecule has 152 valence electrons. The number of benzene rings is 1. The molecule has 3 atom stereocenters. The zero-order valence-electron chi connectivity index (χ0n) is 15.8. The zero-order valence-corrected chi connectivity index (χ0v) is 15.8. The molecular formula is C20H21N3O6. The fourth-order valence-corrected chi connectivity index (χ4v) is 3.39. The quantitative estimate of drug-likeness (QED) is 0.319. The molecule has 1 heterocycles. The summed E-state index contributed by atoms with van der Waals surface area (Å²) in [5.74, 6) is -3.84. The molecule has 2 aliphatic rings. The number of hydrazine groups is 1. The molecule has 0 spiro atoms. The fraction of sp³-hybridized carbons (Fsp3) is 0.350. The molecule has 0 bridgehead atoms. The fourth-order valence-electron chi connectivity index (χ4n) is 3.39. The van der Waals surface area contributed by atoms with Crippen molar-refractivity contribution in [1.29, 1.82) is 0 Å². The maximum absolute atomic E-state index is 12.5. The van der Waals surface area contributed by atoms with Gasteiger partial charge in [0.15, 0.2) is 6.61 Å². The minimum absolute atomic E-state index is 0.348. The zero-order chi connectivity index (χ0) is 21.0. The number of imide groups is 1. The molecule has 1 aromatic rings. The predicted octanol–water partition coefficient (Wildman–Crippen LogP) is 0.330. The van der Waals surface area contributed by atoms with E-state index in [-0.39, 0.29) is 0 Å². The van der Waals surface area contributed by atoms with Gasteiger partial charge in [0.05, 0.1) is 11.8 Å². The topological polar surface area (TPSA) is 122 Å². The van der Waals surface area contributed by atoms with Crippen molar-refractivity contribution < 1.29 is 28.7 Å². The Morgan fingerprint density at radius 3 is 2.21 bits per heavy atom. The number of ether oxygens (including phenoxy) is 1. The molecule has 3 rings (SSSR count). The van der Waals surface area contributed by atoms with Gasteiger partial charge in [-0.05, 0) is 31.9 Å². The number of likely N-dealkylation sites (tertiary alicyclic amines) is 1. The summed E-state index contributed by atoms with van der Waals surface area (Å²) >= 11 is 0. The van der Waals surface area contributed by atoms with Crippen LogP contribution in [0.15, 0.2) is 42.5 Å². The molecule has 0 unspecified atom stereocenters. The lowest BCUT2D eigenvalue weighted by Gasteiger charge is -2.21. The number of esters is 1. The number of fused-ring (bicyclic) bond motifs is 1. The van der Waals surface area contributed by atoms with Gasteiger partial charge >= 0.3 is 5.97 Å². The molecule has 9 nitrogen and oxygen atoms in total. The molecule has 1 aliphatic carbocycles. The summed E-state index contributed by atoms with van der Waals surface area (Å²) < 4.78 is 4.90. The highest BCUT2D eigenvalue weighted by Crippen LogP contribution is 2.36. The van der Waals surface area contributed by atoms with E-state index in [0.29, 0.717) is 18.4 Å². The number of allylic oxidation sites excluding steroid dienone is 2. The lowest BCUT2D eigenvalue weighted by Crippen LogP contribution is -2.47. The van der Waals surface area contributed by atoms with E-state index in [1.807, 2.05) is 12.2 Å². The molecule has 1 saturated heterocycles. The Kier molecular flexibility index (Phi) is 6.06. The third-order valence-electron chi connectivity index (χ3n) is 4.97. The van der Waals surface area contributed by atoms with E-state index in [1.54, 1.807) is 30.3 Å². The molecular weight excluding hydrogens is 378 g/mol. The first-order chi connectivity index (χ1) is 13.9. The normalized spacial score (nSPS) is 21.3. The summed E-state index contributed by atoms with van der Waals surface area (Å²) in [5, 5.41) is 0. The molecule has 0 aromatic heterocycles. The van der Waals surface area contributed by atoms with Crippen molar-refractivity contribution >= 4 is 29.6 Å². The van der Waals surface area contributed by atoms with Crippen LogP contribution in [0.5, 0.6) is 0 Å². The number of hydrogen-bond donors (Lipinski definition) is 2. The molecule has 1 aliphatic heterocycles. The van der Waals surface area contributed by atoms with Crippen LogP contribution >= 0.6 is 0 Å². The third kappa shape index (κ3) is 4.34. The average molecular weight is 399 g/mol. The van der Waals surface area contributed by atoms with Gasteiger partial charge in [0, 0.05) is 5.56 Å². The van der Waals surface area contributed by atoms with Gasteiger partial charge in [0.1, 0.15) is 6.04 Å². The molecule has 1 fully saturated rings. The summed E-state index contributed by atoms with van der Waals surface area (Å²) in [7, 11) is 0. The smallest absolute Gasteiger partial charge is 0.329 e. The third-order valence-corrected chi connectivity index (χ3v) is 4.97. The highest BCUT2D eigenvalue weighted by atomic mass is 16.5. The van der Waals surface area contributed by atoms with Crippen LogP contribution < -0.4 is 10.9 Å². The monoisotopic (exact) mass is 399 g/mol. The van der Waals surface area contributed by atoms with Gasteiger partial charge in [-0.3, -0.25) is 34.9 Å². The molecule has 0 radical (unpaired) electrons. The van der Waals surface area contributed by atoms with Crippen LogP contribution in [0.1, 0.15) is 30.1 Å². The van der Waals surface area contributed by atoms with Gasteiger partial charge in [-0.25, -0.2) is 4.79 Å². The van der Waals surface area contributed by atoms with E-state index in [1.165, 1.54) is 6.92 Å². The van der Waals surface area contributed by atoms with Crippen molar-refractivity contribution in [3.8, 4) is 0 Å². The molecule has 1 aromatic carbocycles. The second kappa shape index (κ2) is 8.68. The highest BCUT2D eigenvalue weighted by Gasteiger charge is 2.50. The first-order valence-corrected chi connectivity index (χ1v) is 9.23. The minimum atomic E-state index is -1.13. The standard InChI is InChI=1S/C20H21N3O6/c1-12(23-18(26)14-9-5-6-10-15(14)19(23)27)20(28)29-11-16(24)21-22-17(25)13-7-3-2-4-8-13/h2-8,12,14-15H,9-11H2,1H3,(H,21,24)(H,22,25)/t12-,14-,15-/m0/s1. The maximum atomic E-state index is 12.5. The summed E-state index contributed by atoms with van der Waals surface area (Å²) in [4.78, 5) is 61.8. The Morgan fingerprint density at radius 1 is 1.03 bits per heavy atom. The number of amides is 4. The van der Waals surface area contributed by atoms with Gasteiger partial charge in [-0.2, -0.15) is 0 Å². The summed E-state index contributed by atoms with van der Waals surface area (Å²) in [6, 6.07) is 7.10. The van der Waals surface area contributed by atoms with Crippen LogP contribution in [0.25, 0.3) is 0 Å². The molecule has 29 heavy (non-hydrogen) atoms. The van der Waals surface area contributed by atoms with E-state index < -0.39 is 54.1 Å². The van der Waals surface area contributed by atoms with Crippen LogP contribution in [0, 0.1) is 11.8 Å². The Balaban J connectivity index is 1.47. The van der Waals surface area contributed by atoms with Crippen molar-refractivity contribution in [2.24, 2.45) is 11.8 Å². The number of nitrogens with one attached hydrogen (secondary N) is 2. The van der Waals surface area contributed by atoms with E-state index in [2.05, 4.69) is 10.9 Å². The maximum Gasteiger partial charge on any atom is 0.329 e. The lowest BCUT2D eigenvalue weighted by molar-refractivity contribution is -0.159. The van der Waals surface area contributed by atoms with E-state index >= 15 is 0 Å². The Labute approximate surface area is 167 Å². The second-order valence-electron chi connectivity index (χ2n) is 6.85. The van der Waals surface area contributed by atoms with Gasteiger partial charge < -0.3 is 4.74 Å². The molecule has 0 saturated carbocycles. The van der Waals surface area contributed by atoms with Crippen molar-refractivity contribution in [2.45, 2.75) is 25.8 Å². The Morgan fingerprint density at radius 2 is 1.62 bits per heavy atom. The van der Waals surface area contributed by atoms with Crippen molar-refractivity contribution in [2.75, 3.05) is 6.61 Å². The Hall–Kier alpha value is -3.49. The van der Waals surface area contributed by atoms with Gasteiger partial charge in [-0.1, -0.05) is 30.4 Å². The van der Waals surface area contributed by atoms with Gasteiger partial charge in [0.25, 0.3) is 11.8 Å². The van der Waals surface area contributed by atoms with Crippen LogP contribution in [0.2, 0.25) is 0 Å². The largest absolute Gasteiger partial charge is 0.454 e. The van der Waals surface area contributed by atoms with E-state index in [9.17, 15) is 24.0 Å². The van der Waals surface area contributed by atoms with Crippen molar-refractivity contribution in [3.05, 3.63) is 48.0 Å². The first kappa shape index (κ1) is 20.2. The van der Waals surface area contributed by atoms with E-state index in [4.69, 9.17) is 4.74 Å². The summed E-state index contributed by atoms with van der Waals surface area (Å²) in [6.07, 6.45) is 4.65. The second-order valence-corrected chi connectivity index (χ2v) is 6.85. The number of nitrogens with zero attached hydrogens (tertiary/aromatic N) is 1. The van der Waals surface area contributed by atoms with Gasteiger partial charge in [0.2, 0.25) is 11.8 Å². The van der Waals surface area contributed by atoms with Gasteiger partial charge in [-0.15, -0.1) is 0 Å². The van der Waals surface area contributed by atoms with Crippen LogP contribution in [-0.4, -0.2) is 47.1 Å². The number of carbonyl (C=O) groups excluding carboxylic acids is 5. The number of carbonyl (C=O) groups is 5.